The molecule has 1 atom stereocenters. The number of guanidine groups is 1. The van der Waals surface area contributed by atoms with Crippen LogP contribution >= 0.6 is 0 Å². The van der Waals surface area contributed by atoms with Crippen molar-refractivity contribution in [3.8, 4) is 5.75 Å². The van der Waals surface area contributed by atoms with Crippen LogP contribution in [0.25, 0.3) is 10.8 Å². The SMILES string of the molecule is COc1ccc2cc(C(=O)N(Cc3ccc(CNC(N)=O)cc3)[C@H](CCCN=C(N)N[N+](=O)[O-])C(N)=O)ccc2c1. The minimum atomic E-state index is -1.01. The molecule has 14 nitrogen and oxygen atoms in total. The van der Waals surface area contributed by atoms with E-state index >= 15 is 0 Å². The van der Waals surface area contributed by atoms with Crippen LogP contribution in [0.1, 0.15) is 34.3 Å². The van der Waals surface area contributed by atoms with Crippen molar-refractivity contribution in [2.24, 2.45) is 22.2 Å². The van der Waals surface area contributed by atoms with Crippen LogP contribution in [0.5, 0.6) is 5.75 Å². The van der Waals surface area contributed by atoms with Gasteiger partial charge in [0, 0.05) is 25.2 Å². The van der Waals surface area contributed by atoms with E-state index in [2.05, 4.69) is 10.3 Å². The topological polar surface area (TPSA) is 221 Å². The molecule has 0 aliphatic rings. The largest absolute Gasteiger partial charge is 0.497 e. The average molecular weight is 565 g/mol. The fraction of sp³-hybridized carbons (Fsp3) is 0.259. The fourth-order valence-electron chi connectivity index (χ4n) is 4.19. The van der Waals surface area contributed by atoms with Crippen LogP contribution in [0.2, 0.25) is 0 Å². The smallest absolute Gasteiger partial charge is 0.312 e. The highest BCUT2D eigenvalue weighted by molar-refractivity contribution is 6.00. The molecule has 0 saturated carbocycles. The van der Waals surface area contributed by atoms with Gasteiger partial charge in [0.1, 0.15) is 11.8 Å². The van der Waals surface area contributed by atoms with Gasteiger partial charge in [-0.1, -0.05) is 41.8 Å². The highest BCUT2D eigenvalue weighted by Gasteiger charge is 2.29. The number of rotatable bonds is 13. The molecule has 3 aromatic carbocycles. The van der Waals surface area contributed by atoms with E-state index in [1.165, 1.54) is 4.90 Å². The lowest BCUT2D eigenvalue weighted by Crippen LogP contribution is -2.47. The van der Waals surface area contributed by atoms with Crippen molar-refractivity contribution in [1.29, 1.82) is 0 Å². The van der Waals surface area contributed by atoms with E-state index in [-0.39, 0.29) is 38.4 Å². The first-order chi connectivity index (χ1) is 19.6. The average Bonchev–Trinajstić information content (AvgIpc) is 2.94. The van der Waals surface area contributed by atoms with Gasteiger partial charge in [-0.05, 0) is 59.0 Å². The number of fused-ring (bicyclic) bond motifs is 1. The van der Waals surface area contributed by atoms with Crippen LogP contribution in [-0.2, 0) is 17.9 Å². The number of carbonyl (C=O) groups is 3. The quantitative estimate of drug-likeness (QED) is 0.0669. The van der Waals surface area contributed by atoms with Crippen LogP contribution in [0.3, 0.4) is 0 Å². The molecule has 0 bridgehead atoms. The Balaban J connectivity index is 1.88. The number of hydrogen-bond acceptors (Lipinski definition) is 7. The second kappa shape index (κ2) is 14.1. The van der Waals surface area contributed by atoms with Gasteiger partial charge in [0.2, 0.25) is 5.91 Å². The minimum absolute atomic E-state index is 0.0604. The zero-order valence-electron chi connectivity index (χ0n) is 22.4. The molecule has 8 N–H and O–H groups in total. The number of hydrogen-bond donors (Lipinski definition) is 5. The summed E-state index contributed by atoms with van der Waals surface area (Å²) in [5, 5.41) is 13.9. The molecule has 0 unspecified atom stereocenters. The van der Waals surface area contributed by atoms with Crippen molar-refractivity contribution >= 4 is 34.6 Å². The molecular weight excluding hydrogens is 532 g/mol. The van der Waals surface area contributed by atoms with Crippen LogP contribution in [-0.4, -0.2) is 53.4 Å². The molecule has 0 aliphatic heterocycles. The first-order valence-corrected chi connectivity index (χ1v) is 12.6. The molecule has 0 fully saturated rings. The van der Waals surface area contributed by atoms with E-state index in [1.54, 1.807) is 61.1 Å². The number of methoxy groups -OCH3 is 1. The Bertz CT molecular complexity index is 1440. The van der Waals surface area contributed by atoms with Crippen molar-refractivity contribution in [2.75, 3.05) is 13.7 Å². The number of aliphatic imine (C=N–C) groups is 1. The number of nitrogens with two attached hydrogens (primary N) is 3. The summed E-state index contributed by atoms with van der Waals surface area (Å²) in [4.78, 5) is 53.3. The van der Waals surface area contributed by atoms with Crippen LogP contribution < -0.4 is 32.7 Å². The number of nitrogens with one attached hydrogen (secondary N) is 2. The fourth-order valence-corrected chi connectivity index (χ4v) is 4.19. The van der Waals surface area contributed by atoms with Gasteiger partial charge in [-0.2, -0.15) is 0 Å². The lowest BCUT2D eigenvalue weighted by Gasteiger charge is -2.30. The minimum Gasteiger partial charge on any atom is -0.497 e. The van der Waals surface area contributed by atoms with Gasteiger partial charge in [0.05, 0.1) is 7.11 Å². The maximum absolute atomic E-state index is 13.9. The van der Waals surface area contributed by atoms with Crippen molar-refractivity contribution in [3.63, 3.8) is 0 Å². The van der Waals surface area contributed by atoms with Crippen LogP contribution in [0.4, 0.5) is 4.79 Å². The summed E-state index contributed by atoms with van der Waals surface area (Å²) < 4.78 is 5.27. The van der Waals surface area contributed by atoms with Crippen LogP contribution in [0, 0.1) is 10.1 Å². The standard InChI is InChI=1S/C27H32N8O6/c1-41-22-11-10-19-13-21(9-8-20(19)14-22)25(37)34(16-18-6-4-17(5-7-18)15-32-27(30)38)23(24(28)36)3-2-12-31-26(29)33-35(39)40/h4-11,13-14,23H,2-3,12,15-16H2,1H3,(H2,28,36)(H3,29,31,33)(H3,30,32,38)/t23-/m1/s1. The number of nitrogens with zero attached hydrogens (tertiary/aromatic N) is 3. The predicted molar refractivity (Wildman–Crippen MR) is 152 cm³/mol. The van der Waals surface area contributed by atoms with Crippen LogP contribution in [0.15, 0.2) is 65.7 Å². The Hall–Kier alpha value is -5.40. The molecule has 3 rings (SSSR count). The third-order valence-corrected chi connectivity index (χ3v) is 6.23. The summed E-state index contributed by atoms with van der Waals surface area (Å²) in [6.45, 7) is 0.363. The van der Waals surface area contributed by atoms with E-state index in [9.17, 15) is 24.5 Å². The van der Waals surface area contributed by atoms with Gasteiger partial charge in [0.15, 0.2) is 5.03 Å². The van der Waals surface area contributed by atoms with E-state index < -0.39 is 28.9 Å². The molecule has 41 heavy (non-hydrogen) atoms. The lowest BCUT2D eigenvalue weighted by molar-refractivity contribution is -0.525. The zero-order valence-corrected chi connectivity index (χ0v) is 22.4. The number of amides is 4. The van der Waals surface area contributed by atoms with Gasteiger partial charge in [-0.15, -0.1) is 0 Å². The van der Waals surface area contributed by atoms with Gasteiger partial charge in [0.25, 0.3) is 11.9 Å². The third kappa shape index (κ3) is 8.81. The van der Waals surface area contributed by atoms with Crippen molar-refractivity contribution in [3.05, 3.63) is 87.5 Å². The van der Waals surface area contributed by atoms with Gasteiger partial charge >= 0.3 is 6.03 Å². The first-order valence-electron chi connectivity index (χ1n) is 12.6. The molecular formula is C27H32N8O6. The van der Waals surface area contributed by atoms with Crippen molar-refractivity contribution < 1.29 is 24.2 Å². The van der Waals surface area contributed by atoms with Gasteiger partial charge < -0.3 is 32.2 Å². The number of hydrazine groups is 1. The molecule has 0 aromatic heterocycles. The number of carbonyl (C=O) groups excluding carboxylic acids is 3. The Kier molecular flexibility index (Phi) is 10.4. The molecule has 0 heterocycles. The summed E-state index contributed by atoms with van der Waals surface area (Å²) in [5.74, 6) is -0.828. The Morgan fingerprint density at radius 2 is 1.66 bits per heavy atom. The molecule has 0 aliphatic carbocycles. The lowest BCUT2D eigenvalue weighted by atomic mass is 10.0. The van der Waals surface area contributed by atoms with E-state index in [0.29, 0.717) is 11.3 Å². The molecule has 0 saturated heterocycles. The Labute approximate surface area is 235 Å². The van der Waals surface area contributed by atoms with Crippen molar-refractivity contribution in [1.82, 2.24) is 15.6 Å². The first kappa shape index (κ1) is 30.1. The summed E-state index contributed by atoms with van der Waals surface area (Å²) in [5.41, 5.74) is 20.0. The third-order valence-electron chi connectivity index (χ3n) is 6.23. The molecule has 0 spiro atoms. The number of urea groups is 1. The molecule has 4 amide bonds. The molecule has 216 valence electrons. The molecule has 0 radical (unpaired) electrons. The maximum Gasteiger partial charge on any atom is 0.312 e. The number of ether oxygens (including phenoxy) is 1. The number of benzene rings is 3. The van der Waals surface area contributed by atoms with Crippen molar-refractivity contribution in [2.45, 2.75) is 32.0 Å². The van der Waals surface area contributed by atoms with E-state index in [0.717, 1.165) is 21.9 Å². The van der Waals surface area contributed by atoms with Gasteiger partial charge in [-0.3, -0.25) is 9.59 Å². The Morgan fingerprint density at radius 3 is 2.29 bits per heavy atom. The molecule has 14 heteroatoms. The summed E-state index contributed by atoms with van der Waals surface area (Å²) in [7, 11) is 1.57. The number of primary amides is 2. The maximum atomic E-state index is 13.9. The van der Waals surface area contributed by atoms with E-state index in [4.69, 9.17) is 21.9 Å². The summed E-state index contributed by atoms with van der Waals surface area (Å²) in [6.07, 6.45) is 0.411. The Morgan fingerprint density at radius 1 is 1.00 bits per heavy atom. The normalized spacial score (nSPS) is 11.9. The predicted octanol–water partition coefficient (Wildman–Crippen LogP) is 1.39. The second-order valence-electron chi connectivity index (χ2n) is 9.09. The monoisotopic (exact) mass is 564 g/mol. The zero-order chi connectivity index (χ0) is 29.9. The highest BCUT2D eigenvalue weighted by atomic mass is 16.7. The van der Waals surface area contributed by atoms with E-state index in [1.807, 2.05) is 12.1 Å². The molecule has 3 aromatic rings. The second-order valence-corrected chi connectivity index (χ2v) is 9.09. The number of nitro groups is 1. The summed E-state index contributed by atoms with van der Waals surface area (Å²) >= 11 is 0. The summed E-state index contributed by atoms with van der Waals surface area (Å²) in [6, 6.07) is 16.1. The van der Waals surface area contributed by atoms with Gasteiger partial charge in [-0.25, -0.2) is 19.9 Å². The highest BCUT2D eigenvalue weighted by Crippen LogP contribution is 2.24.